The van der Waals surface area contributed by atoms with Crippen molar-refractivity contribution in [3.8, 4) is 23.9 Å². The van der Waals surface area contributed by atoms with E-state index in [1.165, 1.54) is 54.7 Å². The third kappa shape index (κ3) is 4.67. The number of unbranched alkanes of at least 4 members (excludes halogenated alkanes) is 1. The van der Waals surface area contributed by atoms with Gasteiger partial charge in [-0.1, -0.05) is 13.3 Å². The summed E-state index contributed by atoms with van der Waals surface area (Å²) in [5.41, 5.74) is 2.92. The second-order valence-electron chi connectivity index (χ2n) is 5.52. The van der Waals surface area contributed by atoms with Gasteiger partial charge in [0, 0.05) is 24.5 Å². The van der Waals surface area contributed by atoms with Crippen LogP contribution in [0.4, 0.5) is 0 Å². The molecule has 23 heavy (non-hydrogen) atoms. The summed E-state index contributed by atoms with van der Waals surface area (Å²) in [6, 6.07) is 0. The first kappa shape index (κ1) is 20.4. The fourth-order valence-corrected chi connectivity index (χ4v) is 2.50. The fraction of sp³-hybridized carbons (Fsp3) is 0.625. The molecule has 0 aliphatic carbocycles. The minimum Gasteiger partial charge on any atom is -0.354 e. The lowest BCUT2D eigenvalue weighted by Crippen LogP contribution is -2.38. The van der Waals surface area contributed by atoms with Crippen molar-refractivity contribution >= 4 is 6.15 Å². The molecule has 122 valence electrons. The average Bonchev–Trinajstić information content (AvgIpc) is 2.78. The van der Waals surface area contributed by atoms with Crippen LogP contribution in [0, 0.1) is 44.9 Å². The minimum absolute atomic E-state index is 0.562. The van der Waals surface area contributed by atoms with E-state index in [2.05, 4.69) is 44.4 Å². The first-order valence-corrected chi connectivity index (χ1v) is 7.89. The second kappa shape index (κ2) is 9.40. The van der Waals surface area contributed by atoms with Crippen LogP contribution in [-0.2, 0) is 0 Å². The van der Waals surface area contributed by atoms with Gasteiger partial charge in [-0.15, -0.1) is 23.9 Å². The lowest BCUT2D eigenvalue weighted by molar-refractivity contribution is 0.159. The SMILES string of the molecule is CCCCN1C(C)=C(C)N(CC)C1C.N#C[B-](C#N)(C#N)C#N. The number of nitrogens with zero attached hydrogens (tertiary/aromatic N) is 6. The molecule has 1 rings (SSSR count). The molecule has 1 heterocycles. The van der Waals surface area contributed by atoms with E-state index in [4.69, 9.17) is 21.0 Å². The highest BCUT2D eigenvalue weighted by Crippen LogP contribution is 2.28. The Morgan fingerprint density at radius 3 is 1.61 bits per heavy atom. The monoisotopic (exact) mass is 311 g/mol. The number of rotatable bonds is 4. The predicted octanol–water partition coefficient (Wildman–Crippen LogP) is 2.71. The Bertz CT molecular complexity index is 537. The zero-order chi connectivity index (χ0) is 18.0. The van der Waals surface area contributed by atoms with Gasteiger partial charge >= 0.3 is 6.15 Å². The van der Waals surface area contributed by atoms with Crippen LogP contribution < -0.4 is 0 Å². The zero-order valence-corrected chi connectivity index (χ0v) is 14.7. The van der Waals surface area contributed by atoms with Gasteiger partial charge in [-0.25, -0.2) is 21.0 Å². The Labute approximate surface area is 139 Å². The normalized spacial score (nSPS) is 16.7. The maximum absolute atomic E-state index is 8.09. The fourth-order valence-electron chi connectivity index (χ4n) is 2.50. The van der Waals surface area contributed by atoms with E-state index >= 15 is 0 Å². The van der Waals surface area contributed by atoms with Crippen LogP contribution in [0.3, 0.4) is 0 Å². The molecule has 0 aromatic heterocycles. The van der Waals surface area contributed by atoms with E-state index < -0.39 is 6.15 Å². The van der Waals surface area contributed by atoms with Crippen molar-refractivity contribution in [2.45, 2.75) is 53.6 Å². The Kier molecular flexibility index (Phi) is 8.32. The van der Waals surface area contributed by atoms with Crippen LogP contribution in [0.15, 0.2) is 11.4 Å². The summed E-state index contributed by atoms with van der Waals surface area (Å²) in [5, 5.41) is 32.3. The van der Waals surface area contributed by atoms with Crippen molar-refractivity contribution in [1.29, 1.82) is 21.0 Å². The topological polar surface area (TPSA) is 102 Å². The van der Waals surface area contributed by atoms with Gasteiger partial charge in [0.05, 0.1) is 6.17 Å². The Hall–Kier alpha value is -2.64. The number of hydrogen-bond acceptors (Lipinski definition) is 6. The first-order valence-electron chi connectivity index (χ1n) is 7.89. The number of allylic oxidation sites excluding steroid dienone is 2. The second-order valence-corrected chi connectivity index (χ2v) is 5.52. The third-order valence-electron chi connectivity index (χ3n) is 4.16. The molecule has 0 aromatic carbocycles. The summed E-state index contributed by atoms with van der Waals surface area (Å²) in [5.74, 6) is 5.38. The average molecular weight is 311 g/mol. The smallest absolute Gasteiger partial charge is 0.354 e. The summed E-state index contributed by atoms with van der Waals surface area (Å²) < 4.78 is 0. The first-order chi connectivity index (χ1) is 10.9. The lowest BCUT2D eigenvalue weighted by atomic mass is 9.30. The Morgan fingerprint density at radius 1 is 0.913 bits per heavy atom. The van der Waals surface area contributed by atoms with Crippen molar-refractivity contribution in [3.05, 3.63) is 11.4 Å². The van der Waals surface area contributed by atoms with Crippen molar-refractivity contribution in [2.24, 2.45) is 0 Å². The van der Waals surface area contributed by atoms with E-state index in [1.807, 2.05) is 0 Å². The largest absolute Gasteiger partial charge is 0.383 e. The van der Waals surface area contributed by atoms with E-state index in [9.17, 15) is 0 Å². The number of nitriles is 4. The molecule has 1 unspecified atom stereocenters. The van der Waals surface area contributed by atoms with Gasteiger partial charge in [0.2, 0.25) is 0 Å². The molecule has 0 amide bonds. The van der Waals surface area contributed by atoms with Crippen molar-refractivity contribution in [3.63, 3.8) is 0 Å². The maximum atomic E-state index is 8.09. The third-order valence-corrected chi connectivity index (χ3v) is 4.16. The van der Waals surface area contributed by atoms with E-state index in [0.29, 0.717) is 6.17 Å². The van der Waals surface area contributed by atoms with Crippen molar-refractivity contribution < 1.29 is 0 Å². The Morgan fingerprint density at radius 2 is 1.35 bits per heavy atom. The van der Waals surface area contributed by atoms with Crippen LogP contribution in [0.25, 0.3) is 0 Å². The van der Waals surface area contributed by atoms with Crippen LogP contribution in [0.5, 0.6) is 0 Å². The highest BCUT2D eigenvalue weighted by atomic mass is 15.4. The molecule has 0 spiro atoms. The minimum atomic E-state index is -2.72. The van der Waals surface area contributed by atoms with Gasteiger partial charge in [-0.05, 0) is 34.1 Å². The van der Waals surface area contributed by atoms with Crippen LogP contribution in [0.2, 0.25) is 0 Å². The van der Waals surface area contributed by atoms with E-state index in [-0.39, 0.29) is 0 Å². The summed E-state index contributed by atoms with van der Waals surface area (Å²) in [6.07, 6.45) is 0.417. The molecule has 1 aliphatic rings. The van der Waals surface area contributed by atoms with Gasteiger partial charge in [0.25, 0.3) is 0 Å². The predicted molar refractivity (Wildman–Crippen MR) is 90.0 cm³/mol. The molecule has 7 heteroatoms. The molecule has 6 nitrogen and oxygen atoms in total. The van der Waals surface area contributed by atoms with Crippen molar-refractivity contribution in [2.75, 3.05) is 13.1 Å². The van der Waals surface area contributed by atoms with Gasteiger partial charge in [0.1, 0.15) is 0 Å². The molecule has 1 aliphatic heterocycles. The summed E-state index contributed by atoms with van der Waals surface area (Å²) in [4.78, 5) is 5.01. The quantitative estimate of drug-likeness (QED) is 0.740. The van der Waals surface area contributed by atoms with E-state index in [1.54, 1.807) is 0 Å². The van der Waals surface area contributed by atoms with Crippen LogP contribution >= 0.6 is 0 Å². The van der Waals surface area contributed by atoms with Gasteiger partial charge in [-0.3, -0.25) is 0 Å². The summed E-state index contributed by atoms with van der Waals surface area (Å²) in [7, 11) is 0. The molecular weight excluding hydrogens is 287 g/mol. The van der Waals surface area contributed by atoms with Gasteiger partial charge in [-0.2, -0.15) is 0 Å². The maximum Gasteiger partial charge on any atom is 0.383 e. The summed E-state index contributed by atoms with van der Waals surface area (Å²) in [6.45, 7) is 13.6. The molecule has 0 saturated heterocycles. The Balaban J connectivity index is 0.000000468. The molecule has 0 radical (unpaired) electrons. The summed E-state index contributed by atoms with van der Waals surface area (Å²) >= 11 is 0. The molecule has 0 bridgehead atoms. The lowest BCUT2D eigenvalue weighted by Gasteiger charge is -2.31. The number of hydrogen-bond donors (Lipinski definition) is 0. The van der Waals surface area contributed by atoms with Crippen LogP contribution in [0.1, 0.15) is 47.5 Å². The molecule has 0 N–H and O–H groups in total. The molecule has 1 atom stereocenters. The standard InChI is InChI=1S/C12H24N2.C4BN4/c1-6-8-9-14-11(4)10(3)13(7-2)12(14)5;6-1-5(2-7,3-8)4-9/h12H,6-9H2,1-5H3;/q;-1. The van der Waals surface area contributed by atoms with Gasteiger partial charge < -0.3 is 9.80 Å². The van der Waals surface area contributed by atoms with Crippen LogP contribution in [-0.4, -0.2) is 35.2 Å². The molecule has 0 saturated carbocycles. The molecule has 0 aromatic rings. The highest BCUT2D eigenvalue weighted by molar-refractivity contribution is 7.05. The van der Waals surface area contributed by atoms with Gasteiger partial charge in [0.15, 0.2) is 0 Å². The van der Waals surface area contributed by atoms with Crippen molar-refractivity contribution in [1.82, 2.24) is 9.80 Å². The zero-order valence-electron chi connectivity index (χ0n) is 14.7. The molecular formula is C16H24BN6-. The highest BCUT2D eigenvalue weighted by Gasteiger charge is 2.28. The molecule has 0 fully saturated rings. The van der Waals surface area contributed by atoms with E-state index in [0.717, 1.165) is 6.54 Å².